The topological polar surface area (TPSA) is 85.1 Å². The number of aromatic nitrogens is 2. The molecule has 0 N–H and O–H groups in total. The van der Waals surface area contributed by atoms with Crippen LogP contribution in [0.1, 0.15) is 27.3 Å². The van der Waals surface area contributed by atoms with Gasteiger partial charge in [0.2, 0.25) is 5.69 Å². The molecule has 2 rings (SSSR count). The number of hydrogen-bond acceptors (Lipinski definition) is 6. The van der Waals surface area contributed by atoms with Crippen molar-refractivity contribution < 1.29 is 14.3 Å². The monoisotopic (exact) mass is 283 g/mol. The van der Waals surface area contributed by atoms with Gasteiger partial charge in [-0.05, 0) is 37.6 Å². The van der Waals surface area contributed by atoms with Gasteiger partial charge in [0.05, 0.1) is 24.4 Å². The number of nitriles is 1. The first-order valence-electron chi connectivity index (χ1n) is 6.16. The Balaban J connectivity index is 2.42. The summed E-state index contributed by atoms with van der Waals surface area (Å²) in [6, 6.07) is 8.68. The molecular formula is C15H13N3O3. The van der Waals surface area contributed by atoms with E-state index in [4.69, 9.17) is 10.00 Å². The molecule has 0 saturated heterocycles. The number of benzene rings is 1. The van der Waals surface area contributed by atoms with Gasteiger partial charge < -0.3 is 9.47 Å². The first-order valence-corrected chi connectivity index (χ1v) is 6.16. The quantitative estimate of drug-likeness (QED) is 0.805. The molecule has 0 aliphatic heterocycles. The molecule has 0 bridgehead atoms. The van der Waals surface area contributed by atoms with Gasteiger partial charge in [-0.1, -0.05) is 0 Å². The lowest BCUT2D eigenvalue weighted by Crippen LogP contribution is -2.08. The van der Waals surface area contributed by atoms with Gasteiger partial charge in [0.1, 0.15) is 5.75 Å². The summed E-state index contributed by atoms with van der Waals surface area (Å²) in [7, 11) is 1.26. The van der Waals surface area contributed by atoms with Crippen molar-refractivity contribution in [2.24, 2.45) is 0 Å². The number of hydrogen-bond donors (Lipinski definition) is 0. The van der Waals surface area contributed by atoms with Crippen molar-refractivity contribution in [1.82, 2.24) is 10.2 Å². The van der Waals surface area contributed by atoms with Crippen LogP contribution in [0.3, 0.4) is 0 Å². The standard InChI is InChI=1S/C15H13N3O3/c1-9-6-11(8-16)4-5-12(9)21-13-7-10(2)17-18-14(13)15(19)20-3/h4-7H,1-3H3. The average Bonchev–Trinajstić information content (AvgIpc) is 2.48. The Morgan fingerprint density at radius 2 is 1.95 bits per heavy atom. The van der Waals surface area contributed by atoms with Crippen molar-refractivity contribution in [2.75, 3.05) is 7.11 Å². The summed E-state index contributed by atoms with van der Waals surface area (Å²) < 4.78 is 10.4. The van der Waals surface area contributed by atoms with E-state index < -0.39 is 5.97 Å². The number of ether oxygens (including phenoxy) is 2. The van der Waals surface area contributed by atoms with Gasteiger partial charge in [-0.25, -0.2) is 4.79 Å². The highest BCUT2D eigenvalue weighted by atomic mass is 16.5. The predicted molar refractivity (Wildman–Crippen MR) is 74.1 cm³/mol. The Kier molecular flexibility index (Phi) is 4.14. The minimum absolute atomic E-state index is 0.00635. The van der Waals surface area contributed by atoms with E-state index in [1.807, 2.05) is 6.92 Å². The first kappa shape index (κ1) is 14.5. The molecule has 0 amide bonds. The largest absolute Gasteiger partial charge is 0.464 e. The molecule has 0 atom stereocenters. The predicted octanol–water partition coefficient (Wildman–Crippen LogP) is 2.54. The molecule has 0 aliphatic rings. The van der Waals surface area contributed by atoms with Crippen LogP contribution in [0.25, 0.3) is 0 Å². The van der Waals surface area contributed by atoms with Crippen LogP contribution in [0.15, 0.2) is 24.3 Å². The molecule has 2 aromatic rings. The number of methoxy groups -OCH3 is 1. The fraction of sp³-hybridized carbons (Fsp3) is 0.200. The molecule has 1 aromatic carbocycles. The van der Waals surface area contributed by atoms with Gasteiger partial charge in [-0.15, -0.1) is 5.10 Å². The van der Waals surface area contributed by atoms with Crippen molar-refractivity contribution in [3.8, 4) is 17.6 Å². The number of nitrogens with zero attached hydrogens (tertiary/aromatic N) is 3. The van der Waals surface area contributed by atoms with Crippen LogP contribution in [0.4, 0.5) is 0 Å². The zero-order chi connectivity index (χ0) is 15.4. The van der Waals surface area contributed by atoms with E-state index in [0.29, 0.717) is 17.0 Å². The summed E-state index contributed by atoms with van der Waals surface area (Å²) in [4.78, 5) is 11.7. The van der Waals surface area contributed by atoms with Crippen molar-refractivity contribution >= 4 is 5.97 Å². The second-order valence-corrected chi connectivity index (χ2v) is 4.38. The minimum Gasteiger partial charge on any atom is -0.464 e. The SMILES string of the molecule is COC(=O)c1nnc(C)cc1Oc1ccc(C#N)cc1C. The van der Waals surface area contributed by atoms with Crippen LogP contribution in [0.5, 0.6) is 11.5 Å². The van der Waals surface area contributed by atoms with Gasteiger partial charge in [0.25, 0.3) is 0 Å². The summed E-state index contributed by atoms with van der Waals surface area (Å²) in [6.07, 6.45) is 0. The summed E-state index contributed by atoms with van der Waals surface area (Å²) in [5.74, 6) is 0.178. The van der Waals surface area contributed by atoms with Crippen LogP contribution < -0.4 is 4.74 Å². The lowest BCUT2D eigenvalue weighted by Gasteiger charge is -2.11. The second-order valence-electron chi connectivity index (χ2n) is 4.38. The highest BCUT2D eigenvalue weighted by Crippen LogP contribution is 2.28. The van der Waals surface area contributed by atoms with Gasteiger partial charge in [-0.3, -0.25) is 0 Å². The Morgan fingerprint density at radius 3 is 2.57 bits per heavy atom. The summed E-state index contributed by atoms with van der Waals surface area (Å²) in [5, 5.41) is 16.5. The van der Waals surface area contributed by atoms with Crippen molar-refractivity contribution in [2.45, 2.75) is 13.8 Å². The zero-order valence-corrected chi connectivity index (χ0v) is 11.9. The van der Waals surface area contributed by atoms with E-state index in [0.717, 1.165) is 5.56 Å². The molecule has 0 unspecified atom stereocenters. The third kappa shape index (κ3) is 3.15. The van der Waals surface area contributed by atoms with Crippen LogP contribution >= 0.6 is 0 Å². The van der Waals surface area contributed by atoms with E-state index >= 15 is 0 Å². The van der Waals surface area contributed by atoms with E-state index in [-0.39, 0.29) is 11.4 Å². The number of carbonyl (C=O) groups excluding carboxylic acids is 1. The van der Waals surface area contributed by atoms with Crippen molar-refractivity contribution in [3.05, 3.63) is 46.8 Å². The smallest absolute Gasteiger partial charge is 0.362 e. The number of aryl methyl sites for hydroxylation is 2. The normalized spacial score (nSPS) is 9.81. The third-order valence-electron chi connectivity index (χ3n) is 2.78. The molecule has 6 nitrogen and oxygen atoms in total. The molecule has 106 valence electrons. The van der Waals surface area contributed by atoms with Crippen LogP contribution in [0.2, 0.25) is 0 Å². The van der Waals surface area contributed by atoms with Crippen LogP contribution in [0, 0.1) is 25.2 Å². The first-order chi connectivity index (χ1) is 10.0. The van der Waals surface area contributed by atoms with E-state index in [1.54, 1.807) is 31.2 Å². The number of rotatable bonds is 3. The second kappa shape index (κ2) is 6.01. The van der Waals surface area contributed by atoms with Crippen LogP contribution in [-0.2, 0) is 4.74 Å². The summed E-state index contributed by atoms with van der Waals surface area (Å²) >= 11 is 0. The third-order valence-corrected chi connectivity index (χ3v) is 2.78. The maximum atomic E-state index is 11.7. The van der Waals surface area contributed by atoms with E-state index in [9.17, 15) is 4.79 Å². The molecule has 21 heavy (non-hydrogen) atoms. The lowest BCUT2D eigenvalue weighted by atomic mass is 10.1. The van der Waals surface area contributed by atoms with Gasteiger partial charge in [0.15, 0.2) is 5.75 Å². The van der Waals surface area contributed by atoms with Gasteiger partial charge in [-0.2, -0.15) is 10.4 Å². The van der Waals surface area contributed by atoms with E-state index in [1.165, 1.54) is 7.11 Å². The molecule has 6 heteroatoms. The minimum atomic E-state index is -0.621. The van der Waals surface area contributed by atoms with Crippen LogP contribution in [-0.4, -0.2) is 23.3 Å². The fourth-order valence-electron chi connectivity index (χ4n) is 1.73. The lowest BCUT2D eigenvalue weighted by molar-refractivity contribution is 0.0589. The van der Waals surface area contributed by atoms with E-state index in [2.05, 4.69) is 21.0 Å². The molecule has 1 heterocycles. The zero-order valence-electron chi connectivity index (χ0n) is 11.9. The summed E-state index contributed by atoms with van der Waals surface area (Å²) in [6.45, 7) is 3.56. The Hall–Kier alpha value is -2.94. The highest BCUT2D eigenvalue weighted by Gasteiger charge is 2.17. The van der Waals surface area contributed by atoms with Gasteiger partial charge >= 0.3 is 5.97 Å². The average molecular weight is 283 g/mol. The van der Waals surface area contributed by atoms with Crippen molar-refractivity contribution in [1.29, 1.82) is 5.26 Å². The highest BCUT2D eigenvalue weighted by molar-refractivity contribution is 5.90. The Morgan fingerprint density at radius 1 is 1.19 bits per heavy atom. The molecular weight excluding hydrogens is 270 g/mol. The molecule has 1 aromatic heterocycles. The molecule has 0 fully saturated rings. The Bertz CT molecular complexity index is 735. The maximum absolute atomic E-state index is 11.7. The molecule has 0 spiro atoms. The molecule has 0 saturated carbocycles. The van der Waals surface area contributed by atoms with Gasteiger partial charge in [0, 0.05) is 6.07 Å². The summed E-state index contributed by atoms with van der Waals surface area (Å²) in [5.41, 5.74) is 1.94. The fourth-order valence-corrected chi connectivity index (χ4v) is 1.73. The Labute approximate surface area is 122 Å². The van der Waals surface area contributed by atoms with Crippen molar-refractivity contribution in [3.63, 3.8) is 0 Å². The maximum Gasteiger partial charge on any atom is 0.362 e. The molecule has 0 radical (unpaired) electrons. The molecule has 0 aliphatic carbocycles. The number of carbonyl (C=O) groups is 1. The number of esters is 1.